The topological polar surface area (TPSA) is 42.2 Å². The highest BCUT2D eigenvalue weighted by Gasteiger charge is 2.13. The van der Waals surface area contributed by atoms with Crippen LogP contribution in [0.4, 0.5) is 0 Å². The zero-order valence-electron chi connectivity index (χ0n) is 9.53. The Morgan fingerprint density at radius 3 is 2.56 bits per heavy atom. The molecule has 0 aliphatic heterocycles. The summed E-state index contributed by atoms with van der Waals surface area (Å²) in [5.74, 6) is 0.132. The molecule has 1 heterocycles. The molecule has 0 bridgehead atoms. The second-order valence-corrected chi connectivity index (χ2v) is 3.75. The Morgan fingerprint density at radius 2 is 1.94 bits per heavy atom. The van der Waals surface area contributed by atoms with Crippen LogP contribution in [0.2, 0.25) is 0 Å². The number of hydrogen-bond acceptors (Lipinski definition) is 2. The zero-order valence-corrected chi connectivity index (χ0v) is 9.53. The van der Waals surface area contributed by atoms with Crippen molar-refractivity contribution >= 4 is 10.9 Å². The first kappa shape index (κ1) is 10.7. The van der Waals surface area contributed by atoms with Crippen molar-refractivity contribution in [3.05, 3.63) is 40.2 Å². The molecule has 0 aliphatic carbocycles. The fourth-order valence-corrected chi connectivity index (χ4v) is 2.08. The van der Waals surface area contributed by atoms with Crippen LogP contribution in [0.5, 0.6) is 5.75 Å². The lowest BCUT2D eigenvalue weighted by Gasteiger charge is -2.12. The molecule has 0 saturated heterocycles. The number of nitrogens with zero attached hydrogens (tertiary/aromatic N) is 1. The molecule has 3 nitrogen and oxygen atoms in total. The average molecular weight is 217 g/mol. The lowest BCUT2D eigenvalue weighted by Crippen LogP contribution is -2.23. The quantitative estimate of drug-likeness (QED) is 0.838. The van der Waals surface area contributed by atoms with Gasteiger partial charge in [-0.3, -0.25) is 4.79 Å². The maximum absolute atomic E-state index is 12.1. The maximum Gasteiger partial charge on any atom is 0.257 e. The van der Waals surface area contributed by atoms with Crippen molar-refractivity contribution in [1.82, 2.24) is 4.57 Å². The van der Waals surface area contributed by atoms with Crippen molar-refractivity contribution in [2.24, 2.45) is 0 Å². The van der Waals surface area contributed by atoms with Crippen LogP contribution in [0.15, 0.2) is 29.1 Å². The molecule has 3 heteroatoms. The number of aryl methyl sites for hydroxylation is 1. The molecule has 0 radical (unpaired) electrons. The molecular weight excluding hydrogens is 202 g/mol. The third kappa shape index (κ3) is 1.40. The van der Waals surface area contributed by atoms with Crippen LogP contribution < -0.4 is 5.56 Å². The monoisotopic (exact) mass is 217 g/mol. The Labute approximate surface area is 94.0 Å². The molecule has 0 spiro atoms. The zero-order chi connectivity index (χ0) is 11.7. The van der Waals surface area contributed by atoms with Crippen LogP contribution in [0.3, 0.4) is 0 Å². The van der Waals surface area contributed by atoms with E-state index in [2.05, 4.69) is 0 Å². The van der Waals surface area contributed by atoms with Gasteiger partial charge >= 0.3 is 0 Å². The molecular formula is C13H15NO2. The van der Waals surface area contributed by atoms with Crippen molar-refractivity contribution in [3.8, 4) is 5.75 Å². The van der Waals surface area contributed by atoms with Crippen LogP contribution in [-0.2, 0) is 13.0 Å². The molecule has 1 N–H and O–H groups in total. The van der Waals surface area contributed by atoms with E-state index < -0.39 is 0 Å². The van der Waals surface area contributed by atoms with Gasteiger partial charge in [-0.05, 0) is 25.5 Å². The third-order valence-electron chi connectivity index (χ3n) is 2.91. The molecule has 16 heavy (non-hydrogen) atoms. The summed E-state index contributed by atoms with van der Waals surface area (Å²) in [5, 5.41) is 10.8. The van der Waals surface area contributed by atoms with Crippen molar-refractivity contribution in [3.63, 3.8) is 0 Å². The Hall–Kier alpha value is -1.77. The molecule has 1 aromatic carbocycles. The lowest BCUT2D eigenvalue weighted by molar-refractivity contribution is 0.471. The van der Waals surface area contributed by atoms with E-state index in [9.17, 15) is 9.90 Å². The van der Waals surface area contributed by atoms with Crippen molar-refractivity contribution in [1.29, 1.82) is 0 Å². The Kier molecular flexibility index (Phi) is 2.69. The number of fused-ring (bicyclic) bond motifs is 1. The van der Waals surface area contributed by atoms with Gasteiger partial charge in [0.25, 0.3) is 5.56 Å². The predicted molar refractivity (Wildman–Crippen MR) is 64.9 cm³/mol. The molecule has 2 rings (SSSR count). The summed E-state index contributed by atoms with van der Waals surface area (Å²) >= 11 is 0. The molecule has 84 valence electrons. The summed E-state index contributed by atoms with van der Waals surface area (Å²) in [4.78, 5) is 12.1. The van der Waals surface area contributed by atoms with E-state index in [0.29, 0.717) is 18.5 Å². The third-order valence-corrected chi connectivity index (χ3v) is 2.91. The summed E-state index contributed by atoms with van der Waals surface area (Å²) in [7, 11) is 0. The molecule has 0 aliphatic rings. The van der Waals surface area contributed by atoms with E-state index in [-0.39, 0.29) is 11.3 Å². The van der Waals surface area contributed by atoms with Gasteiger partial charge in [-0.15, -0.1) is 0 Å². The van der Waals surface area contributed by atoms with Crippen molar-refractivity contribution < 1.29 is 5.11 Å². The van der Waals surface area contributed by atoms with Gasteiger partial charge in [0.05, 0.1) is 11.1 Å². The molecule has 0 unspecified atom stereocenters. The highest BCUT2D eigenvalue weighted by atomic mass is 16.3. The number of hydrogen-bond donors (Lipinski definition) is 1. The van der Waals surface area contributed by atoms with Gasteiger partial charge in [0, 0.05) is 11.9 Å². The Balaban J connectivity index is 3.00. The summed E-state index contributed by atoms with van der Waals surface area (Å²) in [6.45, 7) is 4.43. The first-order valence-corrected chi connectivity index (χ1v) is 5.54. The van der Waals surface area contributed by atoms with Crippen molar-refractivity contribution in [2.75, 3.05) is 0 Å². The number of aromatic hydroxyl groups is 1. The van der Waals surface area contributed by atoms with Gasteiger partial charge in [0.2, 0.25) is 0 Å². The summed E-state index contributed by atoms with van der Waals surface area (Å²) in [6, 6.07) is 7.44. The first-order valence-electron chi connectivity index (χ1n) is 5.54. The van der Waals surface area contributed by atoms with E-state index >= 15 is 0 Å². The minimum absolute atomic E-state index is 0.0822. The smallest absolute Gasteiger partial charge is 0.257 e. The summed E-state index contributed by atoms with van der Waals surface area (Å²) in [6.07, 6.45) is 0.551. The second kappa shape index (κ2) is 4.00. The number of pyridine rings is 1. The number of rotatable bonds is 2. The highest BCUT2D eigenvalue weighted by molar-refractivity contribution is 5.86. The largest absolute Gasteiger partial charge is 0.507 e. The predicted octanol–water partition coefficient (Wildman–Crippen LogP) is 2.29. The minimum atomic E-state index is -0.0822. The van der Waals surface area contributed by atoms with E-state index in [1.54, 1.807) is 4.57 Å². The fourth-order valence-electron chi connectivity index (χ4n) is 2.08. The first-order chi connectivity index (χ1) is 7.70. The molecule has 0 saturated carbocycles. The van der Waals surface area contributed by atoms with Crippen LogP contribution in [-0.4, -0.2) is 9.67 Å². The SMILES string of the molecule is CCc1c(O)c2ccccc2n(CC)c1=O. The number of aromatic nitrogens is 1. The van der Waals surface area contributed by atoms with E-state index in [1.165, 1.54) is 0 Å². The molecule has 1 aromatic heterocycles. The molecule has 2 aromatic rings. The van der Waals surface area contributed by atoms with Crippen LogP contribution in [0.1, 0.15) is 19.4 Å². The Morgan fingerprint density at radius 1 is 1.25 bits per heavy atom. The van der Waals surface area contributed by atoms with Crippen molar-refractivity contribution in [2.45, 2.75) is 26.8 Å². The Bertz CT molecular complexity index is 584. The van der Waals surface area contributed by atoms with Crippen LogP contribution in [0, 0.1) is 0 Å². The molecule has 0 atom stereocenters. The summed E-state index contributed by atoms with van der Waals surface area (Å²) in [5.41, 5.74) is 1.21. The molecule has 0 fully saturated rings. The van der Waals surface area contributed by atoms with Gasteiger partial charge in [0.1, 0.15) is 5.75 Å². The highest BCUT2D eigenvalue weighted by Crippen LogP contribution is 2.26. The van der Waals surface area contributed by atoms with Gasteiger partial charge in [0.15, 0.2) is 0 Å². The van der Waals surface area contributed by atoms with E-state index in [1.807, 2.05) is 38.1 Å². The van der Waals surface area contributed by atoms with Gasteiger partial charge in [-0.1, -0.05) is 19.1 Å². The van der Waals surface area contributed by atoms with E-state index in [0.717, 1.165) is 10.9 Å². The van der Waals surface area contributed by atoms with Crippen LogP contribution in [0.25, 0.3) is 10.9 Å². The molecule has 0 amide bonds. The minimum Gasteiger partial charge on any atom is -0.507 e. The van der Waals surface area contributed by atoms with Gasteiger partial charge in [-0.2, -0.15) is 0 Å². The maximum atomic E-state index is 12.1. The second-order valence-electron chi connectivity index (χ2n) is 3.75. The normalized spacial score (nSPS) is 10.9. The fraction of sp³-hybridized carbons (Fsp3) is 0.308. The van der Waals surface area contributed by atoms with E-state index in [4.69, 9.17) is 0 Å². The van der Waals surface area contributed by atoms with Gasteiger partial charge in [-0.25, -0.2) is 0 Å². The number of para-hydroxylation sites is 1. The average Bonchev–Trinajstić information content (AvgIpc) is 2.30. The number of benzene rings is 1. The standard InChI is InChI=1S/C13H15NO2/c1-3-9-12(15)10-7-5-6-8-11(10)14(4-2)13(9)16/h5-8,15H,3-4H2,1-2H3. The summed E-state index contributed by atoms with van der Waals surface area (Å²) < 4.78 is 1.70. The van der Waals surface area contributed by atoms with Crippen LogP contribution >= 0.6 is 0 Å². The van der Waals surface area contributed by atoms with Gasteiger partial charge < -0.3 is 9.67 Å². The lowest BCUT2D eigenvalue weighted by atomic mass is 10.1.